The van der Waals surface area contributed by atoms with Gasteiger partial charge >= 0.3 is 5.97 Å². The average molecular weight is 240 g/mol. The van der Waals surface area contributed by atoms with Gasteiger partial charge in [0.2, 0.25) is 0 Å². The quantitative estimate of drug-likeness (QED) is 0.337. The van der Waals surface area contributed by atoms with E-state index >= 15 is 0 Å². The van der Waals surface area contributed by atoms with Gasteiger partial charge in [-0.3, -0.25) is 0 Å². The molecule has 0 aliphatic heterocycles. The lowest BCUT2D eigenvalue weighted by atomic mass is 9.88. The zero-order valence-electron chi connectivity index (χ0n) is 11.9. The Labute approximate surface area is 106 Å². The van der Waals surface area contributed by atoms with Gasteiger partial charge in [0.1, 0.15) is 0 Å². The number of hydrogen-bond donors (Lipinski definition) is 0. The molecule has 0 bridgehead atoms. The van der Waals surface area contributed by atoms with Crippen LogP contribution in [0, 0.1) is 5.41 Å². The summed E-state index contributed by atoms with van der Waals surface area (Å²) in [6, 6.07) is 0. The summed E-state index contributed by atoms with van der Waals surface area (Å²) in [5.74, 6) is -0.230. The predicted octanol–water partition coefficient (Wildman–Crippen LogP) is 4.49. The minimum atomic E-state index is -0.230. The number of unbranched alkanes of at least 4 members (excludes halogenated alkanes) is 4. The van der Waals surface area contributed by atoms with Crippen molar-refractivity contribution in [1.29, 1.82) is 0 Å². The fourth-order valence-corrected chi connectivity index (χ4v) is 1.73. The molecule has 17 heavy (non-hydrogen) atoms. The first kappa shape index (κ1) is 16.2. The molecule has 0 aromatic carbocycles. The molecule has 2 nitrogen and oxygen atoms in total. The number of hydrogen-bond acceptors (Lipinski definition) is 2. The molecule has 0 aromatic rings. The van der Waals surface area contributed by atoms with E-state index in [2.05, 4.69) is 20.8 Å². The Hall–Kier alpha value is -0.790. The monoisotopic (exact) mass is 240 g/mol. The maximum atomic E-state index is 11.2. The van der Waals surface area contributed by atoms with E-state index in [9.17, 15) is 4.79 Å². The Bertz CT molecular complexity index is 229. The number of allylic oxidation sites excluding steroid dienone is 1. The van der Waals surface area contributed by atoms with Crippen molar-refractivity contribution in [2.24, 2.45) is 5.41 Å². The third-order valence-electron chi connectivity index (χ3n) is 2.87. The van der Waals surface area contributed by atoms with Crippen molar-refractivity contribution in [3.05, 3.63) is 12.2 Å². The minimum Gasteiger partial charge on any atom is -0.462 e. The SMILES string of the molecule is C/C=C/C(=O)OCC(C)(C)CCCCCCC. The van der Waals surface area contributed by atoms with E-state index in [-0.39, 0.29) is 11.4 Å². The maximum absolute atomic E-state index is 11.2. The van der Waals surface area contributed by atoms with Crippen LogP contribution in [0.15, 0.2) is 12.2 Å². The molecule has 0 saturated carbocycles. The van der Waals surface area contributed by atoms with Crippen molar-refractivity contribution < 1.29 is 9.53 Å². The van der Waals surface area contributed by atoms with Crippen LogP contribution in [0.5, 0.6) is 0 Å². The lowest BCUT2D eigenvalue weighted by molar-refractivity contribution is -0.140. The van der Waals surface area contributed by atoms with Crippen LogP contribution in [0.1, 0.15) is 66.2 Å². The van der Waals surface area contributed by atoms with E-state index in [0.29, 0.717) is 6.61 Å². The van der Waals surface area contributed by atoms with Crippen LogP contribution in [-0.2, 0) is 9.53 Å². The largest absolute Gasteiger partial charge is 0.462 e. The fraction of sp³-hybridized carbons (Fsp3) is 0.800. The van der Waals surface area contributed by atoms with E-state index in [4.69, 9.17) is 4.74 Å². The third-order valence-corrected chi connectivity index (χ3v) is 2.87. The molecular weight excluding hydrogens is 212 g/mol. The van der Waals surface area contributed by atoms with Gasteiger partial charge in [-0.15, -0.1) is 0 Å². The summed E-state index contributed by atoms with van der Waals surface area (Å²) in [4.78, 5) is 11.2. The number of ether oxygens (including phenoxy) is 1. The summed E-state index contributed by atoms with van der Waals surface area (Å²) < 4.78 is 5.20. The highest BCUT2D eigenvalue weighted by atomic mass is 16.5. The van der Waals surface area contributed by atoms with Crippen molar-refractivity contribution in [2.45, 2.75) is 66.2 Å². The van der Waals surface area contributed by atoms with Crippen molar-refractivity contribution >= 4 is 5.97 Å². The van der Waals surface area contributed by atoms with Gasteiger partial charge in [0.25, 0.3) is 0 Å². The summed E-state index contributed by atoms with van der Waals surface area (Å²) in [6.45, 7) is 8.89. The molecule has 0 atom stereocenters. The highest BCUT2D eigenvalue weighted by molar-refractivity contribution is 5.81. The zero-order chi connectivity index (χ0) is 13.1. The van der Waals surface area contributed by atoms with E-state index in [1.807, 2.05) is 6.92 Å². The van der Waals surface area contributed by atoms with Gasteiger partial charge in [0.05, 0.1) is 6.61 Å². The smallest absolute Gasteiger partial charge is 0.330 e. The lowest BCUT2D eigenvalue weighted by Gasteiger charge is -2.23. The molecule has 100 valence electrons. The predicted molar refractivity (Wildman–Crippen MR) is 72.9 cm³/mol. The van der Waals surface area contributed by atoms with Crippen molar-refractivity contribution in [3.8, 4) is 0 Å². The molecule has 0 aromatic heterocycles. The molecule has 0 N–H and O–H groups in total. The topological polar surface area (TPSA) is 26.3 Å². The molecular formula is C15H28O2. The maximum Gasteiger partial charge on any atom is 0.330 e. The van der Waals surface area contributed by atoms with Crippen LogP contribution in [0.3, 0.4) is 0 Å². The fourth-order valence-electron chi connectivity index (χ4n) is 1.73. The molecule has 2 heteroatoms. The second-order valence-electron chi connectivity index (χ2n) is 5.44. The zero-order valence-corrected chi connectivity index (χ0v) is 11.9. The molecule has 0 amide bonds. The Morgan fingerprint density at radius 2 is 1.82 bits per heavy atom. The van der Waals surface area contributed by atoms with E-state index in [1.165, 1.54) is 38.2 Å². The van der Waals surface area contributed by atoms with Crippen LogP contribution >= 0.6 is 0 Å². The summed E-state index contributed by atoms with van der Waals surface area (Å²) in [5.41, 5.74) is 0.101. The summed E-state index contributed by atoms with van der Waals surface area (Å²) in [7, 11) is 0. The highest BCUT2D eigenvalue weighted by Crippen LogP contribution is 2.24. The van der Waals surface area contributed by atoms with Gasteiger partial charge in [-0.25, -0.2) is 4.79 Å². The molecule has 0 fully saturated rings. The normalized spacial score (nSPS) is 12.0. The van der Waals surface area contributed by atoms with Gasteiger partial charge in [0.15, 0.2) is 0 Å². The van der Waals surface area contributed by atoms with Crippen molar-refractivity contribution in [3.63, 3.8) is 0 Å². The second-order valence-corrected chi connectivity index (χ2v) is 5.44. The first-order chi connectivity index (χ1) is 8.02. The number of esters is 1. The number of carbonyl (C=O) groups is 1. The molecule has 0 unspecified atom stereocenters. The van der Waals surface area contributed by atoms with Gasteiger partial charge in [-0.2, -0.15) is 0 Å². The summed E-state index contributed by atoms with van der Waals surface area (Å²) in [6.07, 6.45) is 10.8. The third kappa shape index (κ3) is 10.1. The minimum absolute atomic E-state index is 0.101. The number of carbonyl (C=O) groups excluding carboxylic acids is 1. The highest BCUT2D eigenvalue weighted by Gasteiger charge is 2.19. The van der Waals surface area contributed by atoms with E-state index in [0.717, 1.165) is 6.42 Å². The van der Waals surface area contributed by atoms with Crippen molar-refractivity contribution in [2.75, 3.05) is 6.61 Å². The Morgan fingerprint density at radius 3 is 2.41 bits per heavy atom. The molecule has 0 spiro atoms. The van der Waals surface area contributed by atoms with Crippen LogP contribution in [0.25, 0.3) is 0 Å². The second kappa shape index (κ2) is 9.26. The van der Waals surface area contributed by atoms with Crippen LogP contribution in [0.2, 0.25) is 0 Å². The molecule has 0 saturated heterocycles. The Morgan fingerprint density at radius 1 is 1.18 bits per heavy atom. The van der Waals surface area contributed by atoms with Crippen molar-refractivity contribution in [1.82, 2.24) is 0 Å². The lowest BCUT2D eigenvalue weighted by Crippen LogP contribution is -2.21. The molecule has 0 heterocycles. The molecule has 0 rings (SSSR count). The number of rotatable bonds is 9. The molecule has 0 radical (unpaired) electrons. The Balaban J connectivity index is 3.68. The average Bonchev–Trinajstić information content (AvgIpc) is 2.27. The van der Waals surface area contributed by atoms with Gasteiger partial charge < -0.3 is 4.74 Å². The Kier molecular flexibility index (Phi) is 8.83. The first-order valence-corrected chi connectivity index (χ1v) is 6.81. The van der Waals surface area contributed by atoms with Gasteiger partial charge in [-0.1, -0.05) is 59.0 Å². The van der Waals surface area contributed by atoms with Crippen LogP contribution in [0.4, 0.5) is 0 Å². The van der Waals surface area contributed by atoms with E-state index in [1.54, 1.807) is 6.08 Å². The van der Waals surface area contributed by atoms with Crippen LogP contribution in [-0.4, -0.2) is 12.6 Å². The standard InChI is InChI=1S/C15H28O2/c1-5-7-8-9-10-12-15(3,4)13-17-14(16)11-6-2/h6,11H,5,7-10,12-13H2,1-4H3/b11-6+. The van der Waals surface area contributed by atoms with E-state index < -0.39 is 0 Å². The first-order valence-electron chi connectivity index (χ1n) is 6.81. The van der Waals surface area contributed by atoms with Crippen LogP contribution < -0.4 is 0 Å². The van der Waals surface area contributed by atoms with Gasteiger partial charge in [-0.05, 0) is 18.8 Å². The summed E-state index contributed by atoms with van der Waals surface area (Å²) >= 11 is 0. The molecule has 0 aliphatic rings. The summed E-state index contributed by atoms with van der Waals surface area (Å²) in [5, 5.41) is 0. The van der Waals surface area contributed by atoms with Gasteiger partial charge in [0, 0.05) is 6.08 Å². The molecule has 0 aliphatic carbocycles.